The lowest BCUT2D eigenvalue weighted by Gasteiger charge is -2.31. The third-order valence-corrected chi connectivity index (χ3v) is 4.10. The van der Waals surface area contributed by atoms with E-state index in [1.54, 1.807) is 7.05 Å². The van der Waals surface area contributed by atoms with Gasteiger partial charge in [0.15, 0.2) is 0 Å². The molecular weight excluding hydrogens is 270 g/mol. The number of H-pyrrole nitrogens is 1. The van der Waals surface area contributed by atoms with Gasteiger partial charge in [-0.05, 0) is 38.0 Å². The second-order valence-corrected chi connectivity index (χ2v) is 5.93. The average molecular weight is 297 g/mol. The third kappa shape index (κ3) is 3.78. The quantitative estimate of drug-likeness (QED) is 0.470. The molecule has 0 saturated heterocycles. The van der Waals surface area contributed by atoms with Crippen molar-refractivity contribution in [1.82, 2.24) is 4.98 Å². The molecule has 3 N–H and O–H groups in total. The van der Waals surface area contributed by atoms with Gasteiger partial charge in [0, 0.05) is 42.4 Å². The second kappa shape index (κ2) is 7.29. The van der Waals surface area contributed by atoms with E-state index in [9.17, 15) is 0 Å². The summed E-state index contributed by atoms with van der Waals surface area (Å²) in [5, 5.41) is 0. The zero-order valence-corrected chi connectivity index (χ0v) is 14.3. The standard InChI is InChI=1S/C19H27N3/c1-8-10-19(6,20)15(5)14(4)17(9-2)18(21-7)16-11-13(3)22-12-16/h1,9,11-12,14,22H,5,10,20H2,2-4,6-7H3/b17-9-,21-18-. The van der Waals surface area contributed by atoms with Crippen molar-refractivity contribution in [2.75, 3.05) is 7.05 Å². The summed E-state index contributed by atoms with van der Waals surface area (Å²) in [5.74, 6) is 2.71. The first-order valence-corrected chi connectivity index (χ1v) is 7.48. The molecule has 1 aromatic heterocycles. The number of terminal acetylenes is 1. The molecule has 1 rings (SSSR count). The number of allylic oxidation sites excluding steroid dienone is 2. The van der Waals surface area contributed by atoms with Crippen molar-refractivity contribution < 1.29 is 0 Å². The number of aromatic amines is 1. The van der Waals surface area contributed by atoms with Gasteiger partial charge in [-0.1, -0.05) is 19.6 Å². The van der Waals surface area contributed by atoms with E-state index in [2.05, 4.69) is 41.5 Å². The summed E-state index contributed by atoms with van der Waals surface area (Å²) in [4.78, 5) is 7.68. The molecule has 0 fully saturated rings. The van der Waals surface area contributed by atoms with Crippen LogP contribution in [0.5, 0.6) is 0 Å². The van der Waals surface area contributed by atoms with Crippen LogP contribution < -0.4 is 5.73 Å². The van der Waals surface area contributed by atoms with Crippen molar-refractivity contribution in [1.29, 1.82) is 0 Å². The zero-order chi connectivity index (χ0) is 16.9. The molecule has 2 unspecified atom stereocenters. The van der Waals surface area contributed by atoms with Gasteiger partial charge in [-0.15, -0.1) is 12.3 Å². The highest BCUT2D eigenvalue weighted by atomic mass is 14.7. The van der Waals surface area contributed by atoms with Gasteiger partial charge in [-0.2, -0.15) is 0 Å². The molecule has 2 atom stereocenters. The SMILES string of the molecule is C#CCC(C)(N)C(=C)C(C)C(=C/C)/C(=N\C)c1c[nH]c(C)c1. The van der Waals surface area contributed by atoms with E-state index in [0.717, 1.165) is 28.1 Å². The normalized spacial score (nSPS) is 16.8. The Hall–Kier alpha value is -2.05. The molecule has 0 aliphatic carbocycles. The number of nitrogens with one attached hydrogen (secondary N) is 1. The topological polar surface area (TPSA) is 54.2 Å². The van der Waals surface area contributed by atoms with Crippen LogP contribution in [0.25, 0.3) is 0 Å². The van der Waals surface area contributed by atoms with Gasteiger partial charge in [0.05, 0.1) is 5.71 Å². The Kier molecular flexibility index (Phi) is 5.96. The molecular formula is C19H27N3. The predicted molar refractivity (Wildman–Crippen MR) is 96.1 cm³/mol. The first-order valence-electron chi connectivity index (χ1n) is 7.48. The smallest absolute Gasteiger partial charge is 0.0693 e. The Labute approximate surface area is 134 Å². The van der Waals surface area contributed by atoms with Gasteiger partial charge in [0.2, 0.25) is 0 Å². The minimum Gasteiger partial charge on any atom is -0.365 e. The fourth-order valence-corrected chi connectivity index (χ4v) is 2.67. The van der Waals surface area contributed by atoms with Gasteiger partial charge in [-0.25, -0.2) is 0 Å². The highest BCUT2D eigenvalue weighted by Crippen LogP contribution is 2.30. The zero-order valence-electron chi connectivity index (χ0n) is 14.3. The van der Waals surface area contributed by atoms with Crippen LogP contribution in [-0.2, 0) is 0 Å². The van der Waals surface area contributed by atoms with E-state index in [1.807, 2.05) is 27.0 Å². The molecule has 0 bridgehead atoms. The Morgan fingerprint density at radius 2 is 2.27 bits per heavy atom. The number of hydrogen-bond acceptors (Lipinski definition) is 2. The fraction of sp³-hybridized carbons (Fsp3) is 0.421. The van der Waals surface area contributed by atoms with Crippen LogP contribution >= 0.6 is 0 Å². The largest absolute Gasteiger partial charge is 0.365 e. The molecule has 3 heteroatoms. The summed E-state index contributed by atoms with van der Waals surface area (Å²) in [7, 11) is 1.81. The maximum atomic E-state index is 6.33. The molecule has 0 aliphatic rings. The summed E-state index contributed by atoms with van der Waals surface area (Å²) < 4.78 is 0. The fourth-order valence-electron chi connectivity index (χ4n) is 2.67. The summed E-state index contributed by atoms with van der Waals surface area (Å²) in [6.07, 6.45) is 9.94. The average Bonchev–Trinajstić information content (AvgIpc) is 2.89. The lowest BCUT2D eigenvalue weighted by Crippen LogP contribution is -2.40. The summed E-state index contributed by atoms with van der Waals surface area (Å²) >= 11 is 0. The molecule has 0 amide bonds. The van der Waals surface area contributed by atoms with Crippen LogP contribution in [0.4, 0.5) is 0 Å². The molecule has 1 aromatic rings. The predicted octanol–water partition coefficient (Wildman–Crippen LogP) is 3.62. The molecule has 1 heterocycles. The van der Waals surface area contributed by atoms with Crippen molar-refractivity contribution in [3.05, 3.63) is 47.3 Å². The number of rotatable bonds is 6. The number of nitrogens with zero attached hydrogens (tertiary/aromatic N) is 1. The Bertz CT molecular complexity index is 636. The van der Waals surface area contributed by atoms with Crippen LogP contribution in [0.2, 0.25) is 0 Å². The van der Waals surface area contributed by atoms with Crippen molar-refractivity contribution in [2.45, 2.75) is 39.7 Å². The summed E-state index contributed by atoms with van der Waals surface area (Å²) in [5.41, 5.74) is 10.9. The molecule has 3 nitrogen and oxygen atoms in total. The van der Waals surface area contributed by atoms with Gasteiger partial charge < -0.3 is 10.7 Å². The first-order chi connectivity index (χ1) is 10.3. The molecule has 0 radical (unpaired) electrons. The van der Waals surface area contributed by atoms with E-state index in [1.165, 1.54) is 0 Å². The van der Waals surface area contributed by atoms with Crippen molar-refractivity contribution in [2.24, 2.45) is 16.6 Å². The number of aliphatic imine (C=N–C) groups is 1. The number of hydrogen-bond donors (Lipinski definition) is 2. The van der Waals surface area contributed by atoms with Crippen LogP contribution in [0.3, 0.4) is 0 Å². The van der Waals surface area contributed by atoms with E-state index in [4.69, 9.17) is 12.2 Å². The maximum absolute atomic E-state index is 6.33. The van der Waals surface area contributed by atoms with Gasteiger partial charge in [0.25, 0.3) is 0 Å². The van der Waals surface area contributed by atoms with Crippen LogP contribution in [0.15, 0.2) is 41.1 Å². The lowest BCUT2D eigenvalue weighted by atomic mass is 9.78. The van der Waals surface area contributed by atoms with Crippen molar-refractivity contribution in [3.63, 3.8) is 0 Å². The van der Waals surface area contributed by atoms with E-state index in [-0.39, 0.29) is 5.92 Å². The molecule has 0 saturated carbocycles. The van der Waals surface area contributed by atoms with Crippen LogP contribution in [-0.4, -0.2) is 23.3 Å². The Morgan fingerprint density at radius 1 is 1.64 bits per heavy atom. The highest BCUT2D eigenvalue weighted by molar-refractivity contribution is 6.13. The summed E-state index contributed by atoms with van der Waals surface area (Å²) in [6.45, 7) is 12.3. The van der Waals surface area contributed by atoms with E-state index in [0.29, 0.717) is 6.42 Å². The summed E-state index contributed by atoms with van der Waals surface area (Å²) in [6, 6.07) is 2.09. The van der Waals surface area contributed by atoms with Crippen molar-refractivity contribution in [3.8, 4) is 12.3 Å². The lowest BCUT2D eigenvalue weighted by molar-refractivity contribution is 0.519. The minimum atomic E-state index is -0.588. The van der Waals surface area contributed by atoms with Crippen molar-refractivity contribution >= 4 is 5.71 Å². The molecule has 118 valence electrons. The highest BCUT2D eigenvalue weighted by Gasteiger charge is 2.29. The molecule has 0 spiro atoms. The van der Waals surface area contributed by atoms with Crippen LogP contribution in [0, 0.1) is 25.2 Å². The number of aromatic nitrogens is 1. The number of aryl methyl sites for hydroxylation is 1. The monoisotopic (exact) mass is 297 g/mol. The molecule has 0 aliphatic heterocycles. The maximum Gasteiger partial charge on any atom is 0.0693 e. The molecule has 0 aromatic carbocycles. The third-order valence-electron chi connectivity index (χ3n) is 4.10. The van der Waals surface area contributed by atoms with Gasteiger partial charge in [0.1, 0.15) is 0 Å². The second-order valence-electron chi connectivity index (χ2n) is 5.93. The Morgan fingerprint density at radius 3 is 2.68 bits per heavy atom. The van der Waals surface area contributed by atoms with Crippen LogP contribution in [0.1, 0.15) is 38.4 Å². The van der Waals surface area contributed by atoms with E-state index >= 15 is 0 Å². The van der Waals surface area contributed by atoms with E-state index < -0.39 is 5.54 Å². The molecule has 22 heavy (non-hydrogen) atoms. The van der Waals surface area contributed by atoms with Gasteiger partial charge in [-0.3, -0.25) is 4.99 Å². The number of nitrogens with two attached hydrogens (primary N) is 1. The minimum absolute atomic E-state index is 0.0715. The first kappa shape index (κ1) is 18.0. The van der Waals surface area contributed by atoms with Gasteiger partial charge >= 0.3 is 0 Å². The Balaban J connectivity index is 3.16.